The van der Waals surface area contributed by atoms with E-state index in [2.05, 4.69) is 15.1 Å². The number of aromatic nitrogens is 4. The van der Waals surface area contributed by atoms with E-state index in [4.69, 9.17) is 17.3 Å². The van der Waals surface area contributed by atoms with Crippen LogP contribution in [0, 0.1) is 5.82 Å². The second-order valence-corrected chi connectivity index (χ2v) is 4.81. The predicted molar refractivity (Wildman–Crippen MR) is 79.1 cm³/mol. The summed E-state index contributed by atoms with van der Waals surface area (Å²) in [5, 5.41) is 4.31. The summed E-state index contributed by atoms with van der Waals surface area (Å²) >= 11 is 5.85. The van der Waals surface area contributed by atoms with Gasteiger partial charge in [-0.2, -0.15) is 5.10 Å². The molecular formula is C14H11ClFN5. The van der Waals surface area contributed by atoms with Crippen LogP contribution in [0.5, 0.6) is 0 Å². The standard InChI is InChI=1S/C14H11ClFN5/c1-21-13(17)10(8-4-2-5-9(15)11(8)16)12(20-21)14-18-6-3-7-19-14/h2-7H,17H2,1H3. The van der Waals surface area contributed by atoms with E-state index in [1.54, 1.807) is 37.6 Å². The highest BCUT2D eigenvalue weighted by Gasteiger charge is 2.22. The number of nitrogens with zero attached hydrogens (tertiary/aromatic N) is 4. The van der Waals surface area contributed by atoms with Crippen molar-refractivity contribution in [2.45, 2.75) is 0 Å². The number of anilines is 1. The van der Waals surface area contributed by atoms with E-state index in [-0.39, 0.29) is 10.6 Å². The molecule has 21 heavy (non-hydrogen) atoms. The highest BCUT2D eigenvalue weighted by Crippen LogP contribution is 2.37. The summed E-state index contributed by atoms with van der Waals surface area (Å²) in [7, 11) is 1.67. The molecule has 0 radical (unpaired) electrons. The number of benzene rings is 1. The van der Waals surface area contributed by atoms with Crippen molar-refractivity contribution in [1.82, 2.24) is 19.7 Å². The molecule has 0 saturated carbocycles. The van der Waals surface area contributed by atoms with E-state index in [1.165, 1.54) is 10.7 Å². The van der Waals surface area contributed by atoms with Crippen LogP contribution in [0.2, 0.25) is 5.02 Å². The fourth-order valence-corrected chi connectivity index (χ4v) is 2.25. The van der Waals surface area contributed by atoms with E-state index in [0.717, 1.165) is 0 Å². The Kier molecular flexibility index (Phi) is 3.31. The molecule has 106 valence electrons. The molecule has 0 unspecified atom stereocenters. The molecule has 0 aliphatic rings. The lowest BCUT2D eigenvalue weighted by molar-refractivity contribution is 0.632. The molecule has 0 bridgehead atoms. The third-order valence-electron chi connectivity index (χ3n) is 3.09. The number of nitrogens with two attached hydrogens (primary N) is 1. The van der Waals surface area contributed by atoms with Gasteiger partial charge in [0, 0.05) is 25.0 Å². The first-order chi connectivity index (χ1) is 10.1. The van der Waals surface area contributed by atoms with Gasteiger partial charge in [-0.3, -0.25) is 4.68 Å². The van der Waals surface area contributed by atoms with Crippen molar-refractivity contribution >= 4 is 17.4 Å². The highest BCUT2D eigenvalue weighted by molar-refractivity contribution is 6.31. The molecular weight excluding hydrogens is 293 g/mol. The molecule has 2 N–H and O–H groups in total. The third kappa shape index (κ3) is 2.23. The molecule has 3 aromatic rings. The second-order valence-electron chi connectivity index (χ2n) is 4.41. The van der Waals surface area contributed by atoms with Gasteiger partial charge in [0.05, 0.1) is 10.6 Å². The van der Waals surface area contributed by atoms with Crippen molar-refractivity contribution in [3.05, 3.63) is 47.5 Å². The SMILES string of the molecule is Cn1nc(-c2ncccn2)c(-c2cccc(Cl)c2F)c1N. The van der Waals surface area contributed by atoms with Crippen molar-refractivity contribution in [2.75, 3.05) is 5.73 Å². The monoisotopic (exact) mass is 303 g/mol. The fourth-order valence-electron chi connectivity index (χ4n) is 2.08. The summed E-state index contributed by atoms with van der Waals surface area (Å²) in [6.45, 7) is 0. The molecule has 3 rings (SSSR count). The van der Waals surface area contributed by atoms with Gasteiger partial charge >= 0.3 is 0 Å². The lowest BCUT2D eigenvalue weighted by Crippen LogP contribution is -1.98. The minimum absolute atomic E-state index is 0.0238. The lowest BCUT2D eigenvalue weighted by atomic mass is 10.0. The van der Waals surface area contributed by atoms with Gasteiger partial charge in [-0.15, -0.1) is 0 Å². The summed E-state index contributed by atoms with van der Waals surface area (Å²) in [5.41, 5.74) is 7.15. The maximum atomic E-state index is 14.3. The Labute approximate surface area is 125 Å². The smallest absolute Gasteiger partial charge is 0.180 e. The minimum atomic E-state index is -0.545. The van der Waals surface area contributed by atoms with Gasteiger partial charge in [0.15, 0.2) is 5.82 Å². The molecule has 7 heteroatoms. The molecule has 2 aromatic heterocycles. The molecule has 0 aliphatic carbocycles. The Hall–Kier alpha value is -2.47. The molecule has 2 heterocycles. The summed E-state index contributed by atoms with van der Waals surface area (Å²) in [5.74, 6) is 0.147. The van der Waals surface area contributed by atoms with Crippen LogP contribution in [0.4, 0.5) is 10.2 Å². The highest BCUT2D eigenvalue weighted by atomic mass is 35.5. The third-order valence-corrected chi connectivity index (χ3v) is 3.38. The van der Waals surface area contributed by atoms with Crippen molar-refractivity contribution < 1.29 is 4.39 Å². The number of nitrogen functional groups attached to an aromatic ring is 1. The van der Waals surface area contributed by atoms with E-state index in [0.29, 0.717) is 22.9 Å². The zero-order valence-electron chi connectivity index (χ0n) is 11.1. The van der Waals surface area contributed by atoms with Crippen LogP contribution in [-0.4, -0.2) is 19.7 Å². The Morgan fingerprint density at radius 3 is 2.62 bits per heavy atom. The average molecular weight is 304 g/mol. The van der Waals surface area contributed by atoms with E-state index < -0.39 is 5.82 Å². The molecule has 0 spiro atoms. The summed E-state index contributed by atoms with van der Waals surface area (Å²) in [6, 6.07) is 6.42. The van der Waals surface area contributed by atoms with Crippen LogP contribution in [0.3, 0.4) is 0 Å². The van der Waals surface area contributed by atoms with Gasteiger partial charge in [-0.25, -0.2) is 14.4 Å². The van der Waals surface area contributed by atoms with Gasteiger partial charge in [0.1, 0.15) is 17.3 Å². The first kappa shape index (κ1) is 13.5. The van der Waals surface area contributed by atoms with Crippen molar-refractivity contribution in [3.63, 3.8) is 0 Å². The molecule has 0 aliphatic heterocycles. The zero-order valence-corrected chi connectivity index (χ0v) is 11.8. The van der Waals surface area contributed by atoms with Crippen LogP contribution >= 0.6 is 11.6 Å². The van der Waals surface area contributed by atoms with Gasteiger partial charge in [-0.05, 0) is 12.1 Å². The number of hydrogen-bond donors (Lipinski definition) is 1. The van der Waals surface area contributed by atoms with Gasteiger partial charge in [0.25, 0.3) is 0 Å². The first-order valence-electron chi connectivity index (χ1n) is 6.14. The number of halogens is 2. The van der Waals surface area contributed by atoms with Crippen LogP contribution in [0.15, 0.2) is 36.7 Å². The number of hydrogen-bond acceptors (Lipinski definition) is 4. The maximum Gasteiger partial charge on any atom is 0.180 e. The van der Waals surface area contributed by atoms with Crippen LogP contribution < -0.4 is 5.73 Å². The molecule has 1 aromatic carbocycles. The zero-order chi connectivity index (χ0) is 15.0. The van der Waals surface area contributed by atoms with Gasteiger partial charge in [0.2, 0.25) is 0 Å². The van der Waals surface area contributed by atoms with E-state index in [9.17, 15) is 4.39 Å². The molecule has 0 atom stereocenters. The Bertz CT molecular complexity index is 801. The Morgan fingerprint density at radius 2 is 1.90 bits per heavy atom. The van der Waals surface area contributed by atoms with Crippen LogP contribution in [-0.2, 0) is 7.05 Å². The van der Waals surface area contributed by atoms with E-state index in [1.807, 2.05) is 0 Å². The quantitative estimate of drug-likeness (QED) is 0.790. The number of rotatable bonds is 2. The molecule has 0 fully saturated rings. The number of aryl methyl sites for hydroxylation is 1. The van der Waals surface area contributed by atoms with Gasteiger partial charge < -0.3 is 5.73 Å². The Morgan fingerprint density at radius 1 is 1.19 bits per heavy atom. The topological polar surface area (TPSA) is 69.6 Å². The van der Waals surface area contributed by atoms with E-state index >= 15 is 0 Å². The van der Waals surface area contributed by atoms with Crippen molar-refractivity contribution in [1.29, 1.82) is 0 Å². The molecule has 0 saturated heterocycles. The van der Waals surface area contributed by atoms with Gasteiger partial charge in [-0.1, -0.05) is 23.7 Å². The summed E-state index contributed by atoms with van der Waals surface area (Å²) < 4.78 is 15.8. The molecule has 0 amide bonds. The lowest BCUT2D eigenvalue weighted by Gasteiger charge is -2.06. The molecule has 5 nitrogen and oxygen atoms in total. The van der Waals surface area contributed by atoms with Crippen molar-refractivity contribution in [2.24, 2.45) is 7.05 Å². The predicted octanol–water partition coefficient (Wildman–Crippen LogP) is 2.92. The Balaban J connectivity index is 2.30. The van der Waals surface area contributed by atoms with Crippen LogP contribution in [0.25, 0.3) is 22.6 Å². The normalized spacial score (nSPS) is 10.8. The summed E-state index contributed by atoms with van der Waals surface area (Å²) in [4.78, 5) is 8.29. The largest absolute Gasteiger partial charge is 0.383 e. The van der Waals surface area contributed by atoms with Crippen molar-refractivity contribution in [3.8, 4) is 22.6 Å². The second kappa shape index (κ2) is 5.14. The fraction of sp³-hybridized carbons (Fsp3) is 0.0714. The first-order valence-corrected chi connectivity index (χ1v) is 6.51. The summed E-state index contributed by atoms with van der Waals surface area (Å²) in [6.07, 6.45) is 3.18. The van der Waals surface area contributed by atoms with Crippen LogP contribution in [0.1, 0.15) is 0 Å². The minimum Gasteiger partial charge on any atom is -0.383 e. The average Bonchev–Trinajstić information content (AvgIpc) is 2.79. The maximum absolute atomic E-state index is 14.3.